The molecule has 2 N–H and O–H groups in total. The van der Waals surface area contributed by atoms with Gasteiger partial charge in [-0.25, -0.2) is 4.72 Å². The molecule has 1 atom stereocenters. The number of unbranched alkanes of at least 4 members (excludes halogenated alkanes) is 1. The Morgan fingerprint density at radius 3 is 2.79 bits per heavy atom. The fourth-order valence-electron chi connectivity index (χ4n) is 2.39. The maximum atomic E-state index is 12.3. The van der Waals surface area contributed by atoms with Gasteiger partial charge in [-0.2, -0.15) is 12.7 Å². The number of piperidine rings is 1. The minimum absolute atomic E-state index is 0.0789. The first-order valence-corrected chi connectivity index (χ1v) is 8.46. The van der Waals surface area contributed by atoms with Crippen molar-refractivity contribution in [2.45, 2.75) is 38.1 Å². The van der Waals surface area contributed by atoms with Crippen LogP contribution >= 0.6 is 0 Å². The Kier molecular flexibility index (Phi) is 7.86. The van der Waals surface area contributed by atoms with Gasteiger partial charge in [-0.1, -0.05) is 6.42 Å². The van der Waals surface area contributed by atoms with Crippen LogP contribution in [-0.2, 0) is 14.9 Å². The van der Waals surface area contributed by atoms with E-state index in [2.05, 4.69) is 10.0 Å². The van der Waals surface area contributed by atoms with Gasteiger partial charge in [0.25, 0.3) is 10.2 Å². The summed E-state index contributed by atoms with van der Waals surface area (Å²) in [6.07, 6.45) is 4.67. The Balaban J connectivity index is 2.44. The second kappa shape index (κ2) is 8.86. The summed E-state index contributed by atoms with van der Waals surface area (Å²) in [5.74, 6) is 0. The summed E-state index contributed by atoms with van der Waals surface area (Å²) in [6, 6.07) is 0.0789. The number of hydrogen-bond donors (Lipinski definition) is 2. The van der Waals surface area contributed by atoms with Gasteiger partial charge in [0, 0.05) is 39.4 Å². The zero-order valence-electron chi connectivity index (χ0n) is 12.0. The predicted octanol–water partition coefficient (Wildman–Crippen LogP) is 0.321. The smallest absolute Gasteiger partial charge is 0.279 e. The first-order valence-electron chi connectivity index (χ1n) is 7.01. The summed E-state index contributed by atoms with van der Waals surface area (Å²) in [7, 11) is 0.172. The molecular weight excluding hydrogens is 266 g/mol. The number of likely N-dealkylation sites (N-methyl/N-ethyl adjacent to an activating group) is 1. The van der Waals surface area contributed by atoms with Crippen molar-refractivity contribution in [2.75, 3.05) is 40.4 Å². The van der Waals surface area contributed by atoms with E-state index in [1.54, 1.807) is 11.4 Å². The highest BCUT2D eigenvalue weighted by Gasteiger charge is 2.31. The Morgan fingerprint density at radius 1 is 1.32 bits per heavy atom. The SMILES string of the molecule is CNCC1CCCCN1S(=O)(=O)NCCCCOC. The van der Waals surface area contributed by atoms with Gasteiger partial charge >= 0.3 is 0 Å². The lowest BCUT2D eigenvalue weighted by atomic mass is 10.1. The van der Waals surface area contributed by atoms with Gasteiger partial charge in [0.2, 0.25) is 0 Å². The van der Waals surface area contributed by atoms with Crippen LogP contribution in [0.4, 0.5) is 0 Å². The summed E-state index contributed by atoms with van der Waals surface area (Å²) >= 11 is 0. The van der Waals surface area contributed by atoms with Crippen LogP contribution in [0.1, 0.15) is 32.1 Å². The molecule has 0 aromatic heterocycles. The molecule has 1 fully saturated rings. The van der Waals surface area contributed by atoms with Crippen molar-refractivity contribution in [1.82, 2.24) is 14.3 Å². The van der Waals surface area contributed by atoms with Crippen LogP contribution in [0, 0.1) is 0 Å². The number of hydrogen-bond acceptors (Lipinski definition) is 4. The topological polar surface area (TPSA) is 70.7 Å². The molecule has 1 rings (SSSR count). The Bertz CT molecular complexity index is 333. The van der Waals surface area contributed by atoms with Crippen LogP contribution < -0.4 is 10.0 Å². The van der Waals surface area contributed by atoms with E-state index in [-0.39, 0.29) is 6.04 Å². The maximum Gasteiger partial charge on any atom is 0.279 e. The second-order valence-corrected chi connectivity index (χ2v) is 6.63. The van der Waals surface area contributed by atoms with E-state index in [1.165, 1.54) is 0 Å². The van der Waals surface area contributed by atoms with Crippen molar-refractivity contribution >= 4 is 10.2 Å². The molecule has 114 valence electrons. The van der Waals surface area contributed by atoms with Gasteiger partial charge in [-0.15, -0.1) is 0 Å². The predicted molar refractivity (Wildman–Crippen MR) is 76.3 cm³/mol. The van der Waals surface area contributed by atoms with E-state index in [0.717, 1.165) is 32.1 Å². The van der Waals surface area contributed by atoms with Gasteiger partial charge in [0.15, 0.2) is 0 Å². The van der Waals surface area contributed by atoms with Gasteiger partial charge in [0.1, 0.15) is 0 Å². The molecule has 1 aliphatic heterocycles. The molecule has 0 aromatic carbocycles. The lowest BCUT2D eigenvalue weighted by Crippen LogP contribution is -2.52. The molecule has 0 saturated carbocycles. The highest BCUT2D eigenvalue weighted by Crippen LogP contribution is 2.19. The average Bonchev–Trinajstić information content (AvgIpc) is 2.39. The van der Waals surface area contributed by atoms with Crippen molar-refractivity contribution < 1.29 is 13.2 Å². The zero-order valence-corrected chi connectivity index (χ0v) is 12.8. The third kappa shape index (κ3) is 5.74. The molecule has 0 aromatic rings. The second-order valence-electron chi connectivity index (χ2n) is 4.92. The summed E-state index contributed by atoms with van der Waals surface area (Å²) in [6.45, 7) is 2.49. The number of nitrogens with zero attached hydrogens (tertiary/aromatic N) is 1. The lowest BCUT2D eigenvalue weighted by molar-refractivity contribution is 0.193. The molecule has 0 bridgehead atoms. The third-order valence-corrected chi connectivity index (χ3v) is 5.05. The molecule has 19 heavy (non-hydrogen) atoms. The van der Waals surface area contributed by atoms with Crippen LogP contribution in [0.3, 0.4) is 0 Å². The molecule has 1 aliphatic rings. The molecule has 7 heteroatoms. The van der Waals surface area contributed by atoms with Gasteiger partial charge in [-0.3, -0.25) is 0 Å². The fourth-order valence-corrected chi connectivity index (χ4v) is 3.90. The van der Waals surface area contributed by atoms with E-state index in [4.69, 9.17) is 4.74 Å². The van der Waals surface area contributed by atoms with Crippen molar-refractivity contribution in [1.29, 1.82) is 0 Å². The molecule has 0 aliphatic carbocycles. The van der Waals surface area contributed by atoms with E-state index < -0.39 is 10.2 Å². The number of methoxy groups -OCH3 is 1. The van der Waals surface area contributed by atoms with E-state index in [9.17, 15) is 8.42 Å². The molecule has 0 amide bonds. The summed E-state index contributed by atoms with van der Waals surface area (Å²) < 4.78 is 33.8. The van der Waals surface area contributed by atoms with Gasteiger partial charge < -0.3 is 10.1 Å². The average molecular weight is 293 g/mol. The Labute approximate surface area is 117 Å². The standard InChI is InChI=1S/C12H27N3O3S/c1-13-11-12-7-3-5-9-15(12)19(16,17)14-8-4-6-10-18-2/h12-14H,3-11H2,1-2H3. The Hall–Kier alpha value is -0.210. The molecule has 1 heterocycles. The van der Waals surface area contributed by atoms with Crippen LogP contribution in [0.5, 0.6) is 0 Å². The first kappa shape index (κ1) is 16.8. The summed E-state index contributed by atoms with van der Waals surface area (Å²) in [4.78, 5) is 0. The van der Waals surface area contributed by atoms with Crippen LogP contribution in [0.25, 0.3) is 0 Å². The first-order chi connectivity index (χ1) is 9.11. The van der Waals surface area contributed by atoms with Crippen LogP contribution in [-0.4, -0.2) is 59.2 Å². The van der Waals surface area contributed by atoms with Crippen molar-refractivity contribution in [3.63, 3.8) is 0 Å². The molecule has 0 radical (unpaired) electrons. The minimum Gasteiger partial charge on any atom is -0.385 e. The highest BCUT2D eigenvalue weighted by atomic mass is 32.2. The van der Waals surface area contributed by atoms with Gasteiger partial charge in [0.05, 0.1) is 0 Å². The van der Waals surface area contributed by atoms with Gasteiger partial charge in [-0.05, 0) is 32.7 Å². The maximum absolute atomic E-state index is 12.3. The molecule has 6 nitrogen and oxygen atoms in total. The summed E-state index contributed by atoms with van der Waals surface area (Å²) in [5, 5.41) is 3.07. The summed E-state index contributed by atoms with van der Waals surface area (Å²) in [5.41, 5.74) is 0. The number of nitrogens with one attached hydrogen (secondary N) is 2. The number of ether oxygens (including phenoxy) is 1. The largest absolute Gasteiger partial charge is 0.385 e. The molecule has 1 unspecified atom stereocenters. The van der Waals surface area contributed by atoms with Crippen molar-refractivity contribution in [2.24, 2.45) is 0 Å². The normalized spacial score (nSPS) is 21.7. The highest BCUT2D eigenvalue weighted by molar-refractivity contribution is 7.87. The van der Waals surface area contributed by atoms with E-state index in [1.807, 2.05) is 7.05 Å². The van der Waals surface area contributed by atoms with Crippen LogP contribution in [0.15, 0.2) is 0 Å². The van der Waals surface area contributed by atoms with Crippen molar-refractivity contribution in [3.05, 3.63) is 0 Å². The van der Waals surface area contributed by atoms with Crippen molar-refractivity contribution in [3.8, 4) is 0 Å². The monoisotopic (exact) mass is 293 g/mol. The van der Waals surface area contributed by atoms with Crippen LogP contribution in [0.2, 0.25) is 0 Å². The molecule has 0 spiro atoms. The Morgan fingerprint density at radius 2 is 2.11 bits per heavy atom. The molecular formula is C12H27N3O3S. The number of rotatable bonds is 9. The zero-order chi connectivity index (χ0) is 14.1. The lowest BCUT2D eigenvalue weighted by Gasteiger charge is -2.34. The molecule has 1 saturated heterocycles. The quantitative estimate of drug-likeness (QED) is 0.601. The minimum atomic E-state index is -3.34. The van der Waals surface area contributed by atoms with E-state index in [0.29, 0.717) is 26.2 Å². The fraction of sp³-hybridized carbons (Fsp3) is 1.00. The third-order valence-electron chi connectivity index (χ3n) is 3.38. The van der Waals surface area contributed by atoms with E-state index >= 15 is 0 Å².